The molecule has 0 fully saturated rings. The Kier molecular flexibility index (Phi) is 3.20. The van der Waals surface area contributed by atoms with E-state index in [2.05, 4.69) is 10.9 Å². The van der Waals surface area contributed by atoms with E-state index in [9.17, 15) is 4.39 Å². The van der Waals surface area contributed by atoms with Gasteiger partial charge in [-0.15, -0.1) is 6.42 Å². The standard InChI is InChI=1S/C13H12FN3O/c1-3-6-17-8-16-12(13(17)15)9-4-5-11(18-2)10(14)7-9/h1,4-5,7-8H,6,15H2,2H3. The maximum atomic E-state index is 13.6. The molecule has 1 aromatic heterocycles. The summed E-state index contributed by atoms with van der Waals surface area (Å²) in [5.74, 6) is 2.61. The number of nitrogens with two attached hydrogens (primary N) is 1. The molecule has 0 amide bonds. The molecule has 0 aliphatic rings. The molecular formula is C13H12FN3O. The van der Waals surface area contributed by atoms with Crippen LogP contribution in [0.1, 0.15) is 0 Å². The summed E-state index contributed by atoms with van der Waals surface area (Å²) in [7, 11) is 1.41. The third-order valence-electron chi connectivity index (χ3n) is 2.57. The average Bonchev–Trinajstić information content (AvgIpc) is 2.72. The molecule has 2 rings (SSSR count). The van der Waals surface area contributed by atoms with Crippen LogP contribution in [0.5, 0.6) is 5.75 Å². The van der Waals surface area contributed by atoms with Gasteiger partial charge >= 0.3 is 0 Å². The summed E-state index contributed by atoms with van der Waals surface area (Å²) in [5.41, 5.74) is 6.98. The molecular weight excluding hydrogens is 233 g/mol. The predicted octanol–water partition coefficient (Wildman–Crippen LogP) is 1.91. The van der Waals surface area contributed by atoms with Crippen molar-refractivity contribution < 1.29 is 9.13 Å². The van der Waals surface area contributed by atoms with Gasteiger partial charge in [0.2, 0.25) is 0 Å². The summed E-state index contributed by atoms with van der Waals surface area (Å²) in [5, 5.41) is 0. The summed E-state index contributed by atoms with van der Waals surface area (Å²) in [6.45, 7) is 0.331. The number of anilines is 1. The Balaban J connectivity index is 2.43. The van der Waals surface area contributed by atoms with Crippen LogP contribution in [0.2, 0.25) is 0 Å². The van der Waals surface area contributed by atoms with Gasteiger partial charge in [-0.1, -0.05) is 5.92 Å². The number of nitrogens with zero attached hydrogens (tertiary/aromatic N) is 2. The maximum Gasteiger partial charge on any atom is 0.165 e. The van der Waals surface area contributed by atoms with Crippen molar-refractivity contribution in [3.05, 3.63) is 30.3 Å². The molecule has 1 aromatic carbocycles. The van der Waals surface area contributed by atoms with Crippen LogP contribution >= 0.6 is 0 Å². The predicted molar refractivity (Wildman–Crippen MR) is 67.4 cm³/mol. The Bertz CT molecular complexity index is 613. The second-order valence-electron chi connectivity index (χ2n) is 3.66. The van der Waals surface area contributed by atoms with Crippen molar-refractivity contribution in [2.45, 2.75) is 6.54 Å². The lowest BCUT2D eigenvalue weighted by Crippen LogP contribution is -2.00. The van der Waals surface area contributed by atoms with E-state index in [1.807, 2.05) is 0 Å². The lowest BCUT2D eigenvalue weighted by atomic mass is 10.1. The van der Waals surface area contributed by atoms with Crippen LogP contribution in [0.3, 0.4) is 0 Å². The summed E-state index contributed by atoms with van der Waals surface area (Å²) < 4.78 is 20.1. The van der Waals surface area contributed by atoms with Gasteiger partial charge in [-0.3, -0.25) is 0 Å². The van der Waals surface area contributed by atoms with Crippen molar-refractivity contribution in [3.63, 3.8) is 0 Å². The Morgan fingerprint density at radius 1 is 1.56 bits per heavy atom. The molecule has 1 heterocycles. The minimum absolute atomic E-state index is 0.181. The molecule has 0 bridgehead atoms. The number of halogens is 1. The minimum atomic E-state index is -0.458. The molecule has 0 unspecified atom stereocenters. The molecule has 2 aromatic rings. The highest BCUT2D eigenvalue weighted by atomic mass is 19.1. The zero-order valence-corrected chi connectivity index (χ0v) is 9.85. The number of imidazole rings is 1. The largest absolute Gasteiger partial charge is 0.494 e. The lowest BCUT2D eigenvalue weighted by Gasteiger charge is -2.05. The van der Waals surface area contributed by atoms with Gasteiger partial charge in [0.15, 0.2) is 11.6 Å². The van der Waals surface area contributed by atoms with Crippen molar-refractivity contribution in [2.24, 2.45) is 0 Å². The molecule has 5 heteroatoms. The van der Waals surface area contributed by atoms with Crippen LogP contribution < -0.4 is 10.5 Å². The first-order valence-electron chi connectivity index (χ1n) is 5.25. The van der Waals surface area contributed by atoms with Gasteiger partial charge in [0.25, 0.3) is 0 Å². The Morgan fingerprint density at radius 2 is 2.33 bits per heavy atom. The van der Waals surface area contributed by atoms with Crippen molar-refractivity contribution in [1.82, 2.24) is 9.55 Å². The molecule has 0 radical (unpaired) electrons. The van der Waals surface area contributed by atoms with E-state index in [0.717, 1.165) is 0 Å². The van der Waals surface area contributed by atoms with Crippen molar-refractivity contribution in [2.75, 3.05) is 12.8 Å². The average molecular weight is 245 g/mol. The zero-order valence-electron chi connectivity index (χ0n) is 9.85. The number of nitrogen functional groups attached to an aromatic ring is 1. The van der Waals surface area contributed by atoms with Crippen LogP contribution in [-0.2, 0) is 6.54 Å². The van der Waals surface area contributed by atoms with Gasteiger partial charge < -0.3 is 15.0 Å². The minimum Gasteiger partial charge on any atom is -0.494 e. The number of ether oxygens (including phenoxy) is 1. The SMILES string of the molecule is C#CCn1cnc(-c2ccc(OC)c(F)c2)c1N. The maximum absolute atomic E-state index is 13.6. The third-order valence-corrected chi connectivity index (χ3v) is 2.57. The molecule has 2 N–H and O–H groups in total. The molecule has 0 saturated heterocycles. The smallest absolute Gasteiger partial charge is 0.165 e. The number of terminal acetylenes is 1. The van der Waals surface area contributed by atoms with Crippen LogP contribution in [0.4, 0.5) is 10.2 Å². The van der Waals surface area contributed by atoms with E-state index in [0.29, 0.717) is 23.6 Å². The van der Waals surface area contributed by atoms with Gasteiger partial charge in [-0.2, -0.15) is 0 Å². The van der Waals surface area contributed by atoms with E-state index in [1.54, 1.807) is 10.6 Å². The summed E-state index contributed by atoms with van der Waals surface area (Å²) >= 11 is 0. The number of methoxy groups -OCH3 is 1. The monoisotopic (exact) mass is 245 g/mol. The van der Waals surface area contributed by atoms with Gasteiger partial charge in [-0.05, 0) is 18.2 Å². The normalized spacial score (nSPS) is 10.1. The summed E-state index contributed by atoms with van der Waals surface area (Å²) in [6, 6.07) is 4.56. The first-order valence-corrected chi connectivity index (χ1v) is 5.25. The first kappa shape index (κ1) is 12.0. The quantitative estimate of drug-likeness (QED) is 0.840. The number of benzene rings is 1. The van der Waals surface area contributed by atoms with Crippen LogP contribution in [0.25, 0.3) is 11.3 Å². The molecule has 4 nitrogen and oxygen atoms in total. The van der Waals surface area contributed by atoms with Crippen molar-refractivity contribution in [3.8, 4) is 29.4 Å². The van der Waals surface area contributed by atoms with Gasteiger partial charge in [0.05, 0.1) is 20.0 Å². The Hall–Kier alpha value is -2.48. The van der Waals surface area contributed by atoms with E-state index in [1.165, 1.54) is 25.6 Å². The number of rotatable bonds is 3. The highest BCUT2D eigenvalue weighted by molar-refractivity contribution is 5.71. The second kappa shape index (κ2) is 4.80. The fourth-order valence-electron chi connectivity index (χ4n) is 1.65. The number of hydrogen-bond donors (Lipinski definition) is 1. The van der Waals surface area contributed by atoms with E-state index < -0.39 is 5.82 Å². The van der Waals surface area contributed by atoms with E-state index in [4.69, 9.17) is 16.9 Å². The van der Waals surface area contributed by atoms with Gasteiger partial charge in [0, 0.05) is 5.56 Å². The summed E-state index contributed by atoms with van der Waals surface area (Å²) in [6.07, 6.45) is 6.74. The molecule has 0 aliphatic heterocycles. The molecule has 92 valence electrons. The van der Waals surface area contributed by atoms with E-state index >= 15 is 0 Å². The van der Waals surface area contributed by atoms with Crippen LogP contribution in [-0.4, -0.2) is 16.7 Å². The fourth-order valence-corrected chi connectivity index (χ4v) is 1.65. The zero-order chi connectivity index (χ0) is 13.1. The Morgan fingerprint density at radius 3 is 2.94 bits per heavy atom. The lowest BCUT2D eigenvalue weighted by molar-refractivity contribution is 0.386. The molecule has 0 spiro atoms. The van der Waals surface area contributed by atoms with Gasteiger partial charge in [-0.25, -0.2) is 9.37 Å². The van der Waals surface area contributed by atoms with Crippen LogP contribution in [0, 0.1) is 18.2 Å². The second-order valence-corrected chi connectivity index (χ2v) is 3.66. The van der Waals surface area contributed by atoms with Crippen molar-refractivity contribution >= 4 is 5.82 Å². The summed E-state index contributed by atoms with van der Waals surface area (Å²) in [4.78, 5) is 4.14. The van der Waals surface area contributed by atoms with Gasteiger partial charge in [0.1, 0.15) is 11.5 Å². The topological polar surface area (TPSA) is 53.1 Å². The molecule has 0 atom stereocenters. The van der Waals surface area contributed by atoms with Crippen molar-refractivity contribution in [1.29, 1.82) is 0 Å². The highest BCUT2D eigenvalue weighted by Gasteiger charge is 2.12. The fraction of sp³-hybridized carbons (Fsp3) is 0.154. The molecule has 18 heavy (non-hydrogen) atoms. The van der Waals surface area contributed by atoms with Crippen LogP contribution in [0.15, 0.2) is 24.5 Å². The number of aromatic nitrogens is 2. The first-order chi connectivity index (χ1) is 8.67. The highest BCUT2D eigenvalue weighted by Crippen LogP contribution is 2.28. The Labute approximate surface area is 104 Å². The molecule has 0 saturated carbocycles. The molecule has 0 aliphatic carbocycles. The van der Waals surface area contributed by atoms with E-state index in [-0.39, 0.29) is 5.75 Å². The number of hydrogen-bond acceptors (Lipinski definition) is 3. The third kappa shape index (κ3) is 2.00.